The van der Waals surface area contributed by atoms with Crippen molar-refractivity contribution in [2.24, 2.45) is 4.99 Å². The molecule has 1 aliphatic heterocycles. The predicted molar refractivity (Wildman–Crippen MR) is 119 cm³/mol. The number of aliphatic imine (C=N–C) groups is 1. The Hall–Kier alpha value is -2.89. The third-order valence-electron chi connectivity index (χ3n) is 5.25. The van der Waals surface area contributed by atoms with Gasteiger partial charge in [0, 0.05) is 32.7 Å². The minimum Gasteiger partial charge on any atom is -0.497 e. The summed E-state index contributed by atoms with van der Waals surface area (Å²) >= 11 is 0. The first kappa shape index (κ1) is 20.8. The van der Waals surface area contributed by atoms with Crippen LogP contribution in [0.15, 0.2) is 53.5 Å². The van der Waals surface area contributed by atoms with Gasteiger partial charge in [0.1, 0.15) is 11.5 Å². The molecule has 1 unspecified atom stereocenters. The van der Waals surface area contributed by atoms with Gasteiger partial charge in [-0.3, -0.25) is 4.99 Å². The van der Waals surface area contributed by atoms with E-state index < -0.39 is 0 Å². The zero-order chi connectivity index (χ0) is 20.5. The largest absolute Gasteiger partial charge is 0.497 e. The van der Waals surface area contributed by atoms with Crippen LogP contribution in [-0.2, 0) is 6.42 Å². The lowest BCUT2D eigenvalue weighted by Crippen LogP contribution is -2.44. The number of hydrogen-bond acceptors (Lipinski definition) is 4. The Balaban J connectivity index is 1.43. The third-order valence-corrected chi connectivity index (χ3v) is 5.25. The standard InChI is InChI=1S/C23H32N4O2/c1-24-23(25-14-7-9-18-8-6-10-20(16-18)28-2)26-19-13-15-27(17-19)21-11-4-5-12-22(21)29-3/h4-6,8,10-12,16,19H,7,9,13-15,17H2,1-3H3,(H2,24,25,26). The quantitative estimate of drug-likeness (QED) is 0.408. The van der Waals surface area contributed by atoms with Crippen LogP contribution in [-0.4, -0.2) is 52.9 Å². The van der Waals surface area contributed by atoms with E-state index in [4.69, 9.17) is 9.47 Å². The number of anilines is 1. The number of rotatable bonds is 8. The average Bonchev–Trinajstić information content (AvgIpc) is 3.24. The van der Waals surface area contributed by atoms with Crippen molar-refractivity contribution in [3.8, 4) is 11.5 Å². The topological polar surface area (TPSA) is 58.1 Å². The number of guanidine groups is 1. The number of benzene rings is 2. The van der Waals surface area contributed by atoms with E-state index in [1.807, 2.05) is 31.3 Å². The van der Waals surface area contributed by atoms with Crippen molar-refractivity contribution in [1.82, 2.24) is 10.6 Å². The molecule has 0 radical (unpaired) electrons. The first-order chi connectivity index (χ1) is 14.2. The summed E-state index contributed by atoms with van der Waals surface area (Å²) < 4.78 is 10.8. The molecular weight excluding hydrogens is 364 g/mol. The Labute approximate surface area is 173 Å². The monoisotopic (exact) mass is 396 g/mol. The summed E-state index contributed by atoms with van der Waals surface area (Å²) in [6.07, 6.45) is 3.11. The molecule has 1 fully saturated rings. The van der Waals surface area contributed by atoms with Gasteiger partial charge in [-0.15, -0.1) is 0 Å². The molecule has 1 heterocycles. The maximum atomic E-state index is 5.51. The van der Waals surface area contributed by atoms with Crippen LogP contribution in [0.25, 0.3) is 0 Å². The predicted octanol–water partition coefficient (Wildman–Crippen LogP) is 3.08. The summed E-state index contributed by atoms with van der Waals surface area (Å²) in [6, 6.07) is 16.8. The highest BCUT2D eigenvalue weighted by Gasteiger charge is 2.25. The van der Waals surface area contributed by atoms with E-state index in [1.54, 1.807) is 14.2 Å². The van der Waals surface area contributed by atoms with E-state index in [1.165, 1.54) is 5.56 Å². The van der Waals surface area contributed by atoms with Crippen molar-refractivity contribution >= 4 is 11.6 Å². The first-order valence-corrected chi connectivity index (χ1v) is 10.2. The molecule has 0 aliphatic carbocycles. The number of ether oxygens (including phenoxy) is 2. The molecular formula is C23H32N4O2. The Bertz CT molecular complexity index is 809. The molecule has 0 bridgehead atoms. The molecule has 2 aromatic carbocycles. The van der Waals surface area contributed by atoms with Gasteiger partial charge in [-0.2, -0.15) is 0 Å². The van der Waals surface area contributed by atoms with E-state index in [2.05, 4.69) is 44.8 Å². The fourth-order valence-corrected chi connectivity index (χ4v) is 3.70. The van der Waals surface area contributed by atoms with Crippen molar-refractivity contribution in [2.75, 3.05) is 45.8 Å². The van der Waals surface area contributed by atoms with Crippen LogP contribution >= 0.6 is 0 Å². The molecule has 3 rings (SSSR count). The number of hydrogen-bond donors (Lipinski definition) is 2. The molecule has 6 nitrogen and oxygen atoms in total. The van der Waals surface area contributed by atoms with Crippen molar-refractivity contribution in [2.45, 2.75) is 25.3 Å². The highest BCUT2D eigenvalue weighted by atomic mass is 16.5. The van der Waals surface area contributed by atoms with Crippen LogP contribution in [0.1, 0.15) is 18.4 Å². The van der Waals surface area contributed by atoms with E-state index in [0.717, 1.165) is 62.0 Å². The van der Waals surface area contributed by atoms with Gasteiger partial charge in [0.15, 0.2) is 5.96 Å². The van der Waals surface area contributed by atoms with Gasteiger partial charge in [-0.1, -0.05) is 24.3 Å². The molecule has 29 heavy (non-hydrogen) atoms. The number of methoxy groups -OCH3 is 2. The smallest absolute Gasteiger partial charge is 0.191 e. The normalized spacial score (nSPS) is 16.6. The second-order valence-corrected chi connectivity index (χ2v) is 7.20. The molecule has 1 atom stereocenters. The summed E-state index contributed by atoms with van der Waals surface area (Å²) in [5.74, 6) is 2.70. The zero-order valence-electron chi connectivity index (χ0n) is 17.6. The fraction of sp³-hybridized carbons (Fsp3) is 0.435. The Morgan fingerprint density at radius 1 is 1.14 bits per heavy atom. The summed E-state index contributed by atoms with van der Waals surface area (Å²) in [7, 11) is 5.25. The zero-order valence-corrected chi connectivity index (χ0v) is 17.6. The van der Waals surface area contributed by atoms with Gasteiger partial charge in [0.25, 0.3) is 0 Å². The Kier molecular flexibility index (Phi) is 7.61. The molecule has 156 valence electrons. The molecule has 0 saturated carbocycles. The lowest BCUT2D eigenvalue weighted by atomic mass is 10.1. The van der Waals surface area contributed by atoms with Gasteiger partial charge in [-0.05, 0) is 49.1 Å². The van der Waals surface area contributed by atoms with E-state index in [0.29, 0.717) is 6.04 Å². The van der Waals surface area contributed by atoms with Gasteiger partial charge in [0.05, 0.1) is 19.9 Å². The summed E-state index contributed by atoms with van der Waals surface area (Å²) in [6.45, 7) is 2.82. The summed E-state index contributed by atoms with van der Waals surface area (Å²) in [4.78, 5) is 6.75. The van der Waals surface area contributed by atoms with Crippen LogP contribution in [0.3, 0.4) is 0 Å². The van der Waals surface area contributed by atoms with Crippen LogP contribution < -0.4 is 25.0 Å². The summed E-state index contributed by atoms with van der Waals surface area (Å²) in [5.41, 5.74) is 2.44. The minimum atomic E-state index is 0.365. The Morgan fingerprint density at radius 3 is 2.79 bits per heavy atom. The molecule has 0 aromatic heterocycles. The fourth-order valence-electron chi connectivity index (χ4n) is 3.70. The van der Waals surface area contributed by atoms with Crippen LogP contribution in [0, 0.1) is 0 Å². The van der Waals surface area contributed by atoms with E-state index in [-0.39, 0.29) is 0 Å². The van der Waals surface area contributed by atoms with Crippen molar-refractivity contribution in [3.63, 3.8) is 0 Å². The second kappa shape index (κ2) is 10.6. The second-order valence-electron chi connectivity index (χ2n) is 7.20. The first-order valence-electron chi connectivity index (χ1n) is 10.2. The van der Waals surface area contributed by atoms with Gasteiger partial charge in [0.2, 0.25) is 0 Å². The van der Waals surface area contributed by atoms with Crippen LogP contribution in [0.2, 0.25) is 0 Å². The molecule has 2 aromatic rings. The molecule has 1 aliphatic rings. The third kappa shape index (κ3) is 5.79. The van der Waals surface area contributed by atoms with Crippen molar-refractivity contribution < 1.29 is 9.47 Å². The van der Waals surface area contributed by atoms with Crippen LogP contribution in [0.4, 0.5) is 5.69 Å². The number of nitrogens with zero attached hydrogens (tertiary/aromatic N) is 2. The van der Waals surface area contributed by atoms with E-state index >= 15 is 0 Å². The molecule has 0 spiro atoms. The van der Waals surface area contributed by atoms with Gasteiger partial charge < -0.3 is 25.0 Å². The molecule has 2 N–H and O–H groups in total. The minimum absolute atomic E-state index is 0.365. The highest BCUT2D eigenvalue weighted by molar-refractivity contribution is 5.80. The van der Waals surface area contributed by atoms with Gasteiger partial charge in [-0.25, -0.2) is 0 Å². The van der Waals surface area contributed by atoms with Crippen molar-refractivity contribution in [3.05, 3.63) is 54.1 Å². The molecule has 6 heteroatoms. The van der Waals surface area contributed by atoms with Crippen LogP contribution in [0.5, 0.6) is 11.5 Å². The number of para-hydroxylation sites is 2. The highest BCUT2D eigenvalue weighted by Crippen LogP contribution is 2.30. The molecule has 0 amide bonds. The number of aryl methyl sites for hydroxylation is 1. The van der Waals surface area contributed by atoms with E-state index in [9.17, 15) is 0 Å². The summed E-state index contributed by atoms with van der Waals surface area (Å²) in [5, 5.41) is 6.99. The molecule has 1 saturated heterocycles. The number of nitrogens with one attached hydrogen (secondary N) is 2. The lowest BCUT2D eigenvalue weighted by Gasteiger charge is -2.22. The maximum absolute atomic E-state index is 5.51. The SMILES string of the molecule is CN=C(NCCCc1cccc(OC)c1)NC1CCN(c2ccccc2OC)C1. The van der Waals surface area contributed by atoms with Gasteiger partial charge >= 0.3 is 0 Å². The van der Waals surface area contributed by atoms with Crippen molar-refractivity contribution in [1.29, 1.82) is 0 Å². The Morgan fingerprint density at radius 2 is 2.00 bits per heavy atom. The lowest BCUT2D eigenvalue weighted by molar-refractivity contribution is 0.414. The average molecular weight is 397 g/mol. The maximum Gasteiger partial charge on any atom is 0.191 e.